The molecule has 2 aromatic rings. The van der Waals surface area contributed by atoms with Gasteiger partial charge in [0.05, 0.1) is 0 Å². The molecule has 0 saturated carbocycles. The predicted molar refractivity (Wildman–Crippen MR) is 77.1 cm³/mol. The Bertz CT molecular complexity index is 569. The quantitative estimate of drug-likeness (QED) is 0.881. The molecule has 19 heavy (non-hydrogen) atoms. The minimum atomic E-state index is 0.400. The highest BCUT2D eigenvalue weighted by Crippen LogP contribution is 2.26. The lowest BCUT2D eigenvalue weighted by atomic mass is 10.1. The van der Waals surface area contributed by atoms with E-state index in [9.17, 15) is 0 Å². The fraction of sp³-hybridized carbons (Fsp3) is 0.333. The van der Waals surface area contributed by atoms with Crippen LogP contribution in [0.3, 0.4) is 0 Å². The second-order valence-electron chi connectivity index (χ2n) is 4.96. The maximum Gasteiger partial charge on any atom is 0.134 e. The maximum atomic E-state index is 5.90. The number of nitrogens with two attached hydrogens (primary N) is 1. The van der Waals surface area contributed by atoms with Crippen LogP contribution >= 0.6 is 0 Å². The highest BCUT2D eigenvalue weighted by molar-refractivity contribution is 5.56. The molecule has 1 aliphatic carbocycles. The van der Waals surface area contributed by atoms with Gasteiger partial charge >= 0.3 is 0 Å². The molecule has 1 heterocycles. The number of rotatable bonds is 3. The summed E-state index contributed by atoms with van der Waals surface area (Å²) in [7, 11) is 0. The van der Waals surface area contributed by atoms with E-state index >= 15 is 0 Å². The van der Waals surface area contributed by atoms with Gasteiger partial charge in [-0.3, -0.25) is 0 Å². The average molecular weight is 254 g/mol. The van der Waals surface area contributed by atoms with E-state index in [1.165, 1.54) is 17.5 Å². The third-order valence-corrected chi connectivity index (χ3v) is 3.72. The molecule has 1 aromatic carbocycles. The monoisotopic (exact) mass is 254 g/mol. The number of anilines is 2. The highest BCUT2D eigenvalue weighted by atomic mass is 15.1. The number of hydrogen-bond acceptors (Lipinski definition) is 4. The van der Waals surface area contributed by atoms with Crippen LogP contribution < -0.4 is 11.1 Å². The SMILES string of the molecule is CCc1c(N)ncnc1NC1Cc2ccccc2C1. The number of benzene rings is 1. The van der Waals surface area contributed by atoms with Gasteiger partial charge in [-0.15, -0.1) is 0 Å². The molecule has 0 bridgehead atoms. The summed E-state index contributed by atoms with van der Waals surface area (Å²) >= 11 is 0. The third kappa shape index (κ3) is 2.26. The number of aromatic nitrogens is 2. The zero-order valence-electron chi connectivity index (χ0n) is 11.1. The van der Waals surface area contributed by atoms with Gasteiger partial charge in [0.25, 0.3) is 0 Å². The number of nitrogens with one attached hydrogen (secondary N) is 1. The van der Waals surface area contributed by atoms with Gasteiger partial charge in [-0.2, -0.15) is 0 Å². The first-order valence-corrected chi connectivity index (χ1v) is 6.70. The first-order valence-electron chi connectivity index (χ1n) is 6.70. The Morgan fingerprint density at radius 3 is 2.53 bits per heavy atom. The topological polar surface area (TPSA) is 63.8 Å². The van der Waals surface area contributed by atoms with Crippen molar-refractivity contribution in [1.82, 2.24) is 9.97 Å². The van der Waals surface area contributed by atoms with E-state index < -0.39 is 0 Å². The Morgan fingerprint density at radius 2 is 1.89 bits per heavy atom. The third-order valence-electron chi connectivity index (χ3n) is 3.72. The van der Waals surface area contributed by atoms with E-state index in [1.54, 1.807) is 0 Å². The van der Waals surface area contributed by atoms with Gasteiger partial charge in [-0.25, -0.2) is 9.97 Å². The molecule has 4 nitrogen and oxygen atoms in total. The Balaban J connectivity index is 1.80. The van der Waals surface area contributed by atoms with Gasteiger partial charge in [-0.1, -0.05) is 31.2 Å². The van der Waals surface area contributed by atoms with E-state index in [-0.39, 0.29) is 0 Å². The van der Waals surface area contributed by atoms with Crippen LogP contribution in [-0.2, 0) is 19.3 Å². The number of nitrogens with zero attached hydrogens (tertiary/aromatic N) is 2. The lowest BCUT2D eigenvalue weighted by Gasteiger charge is -2.16. The van der Waals surface area contributed by atoms with Crippen LogP contribution in [0.5, 0.6) is 0 Å². The van der Waals surface area contributed by atoms with Crippen LogP contribution in [0.15, 0.2) is 30.6 Å². The van der Waals surface area contributed by atoms with Crippen molar-refractivity contribution >= 4 is 11.6 Å². The molecular formula is C15H18N4. The van der Waals surface area contributed by atoms with Crippen LogP contribution in [0.4, 0.5) is 11.6 Å². The van der Waals surface area contributed by atoms with E-state index in [4.69, 9.17) is 5.73 Å². The van der Waals surface area contributed by atoms with Crippen molar-refractivity contribution in [3.63, 3.8) is 0 Å². The Hall–Kier alpha value is -2.10. The Labute approximate surface area is 113 Å². The molecule has 3 rings (SSSR count). The van der Waals surface area contributed by atoms with Gasteiger partial charge in [0.2, 0.25) is 0 Å². The maximum absolute atomic E-state index is 5.90. The molecule has 0 amide bonds. The van der Waals surface area contributed by atoms with Crippen molar-refractivity contribution < 1.29 is 0 Å². The first kappa shape index (κ1) is 12.0. The summed E-state index contributed by atoms with van der Waals surface area (Å²) in [5.74, 6) is 1.46. The molecule has 4 heteroatoms. The molecule has 0 atom stereocenters. The van der Waals surface area contributed by atoms with Crippen LogP contribution in [0.2, 0.25) is 0 Å². The molecule has 0 spiro atoms. The summed E-state index contributed by atoms with van der Waals surface area (Å²) in [5.41, 5.74) is 9.77. The van der Waals surface area contributed by atoms with E-state index in [0.717, 1.165) is 30.6 Å². The fourth-order valence-corrected chi connectivity index (χ4v) is 2.75. The summed E-state index contributed by atoms with van der Waals surface area (Å²) in [4.78, 5) is 8.39. The number of fused-ring (bicyclic) bond motifs is 1. The molecule has 0 aliphatic heterocycles. The van der Waals surface area contributed by atoms with Crippen molar-refractivity contribution in [2.45, 2.75) is 32.2 Å². The molecule has 3 N–H and O–H groups in total. The summed E-state index contributed by atoms with van der Waals surface area (Å²) < 4.78 is 0. The van der Waals surface area contributed by atoms with Gasteiger partial charge in [-0.05, 0) is 30.4 Å². The molecule has 1 aliphatic rings. The number of nitrogen functional groups attached to an aromatic ring is 1. The minimum Gasteiger partial charge on any atom is -0.383 e. The molecule has 0 fully saturated rings. The van der Waals surface area contributed by atoms with Gasteiger partial charge in [0.1, 0.15) is 18.0 Å². The van der Waals surface area contributed by atoms with Gasteiger partial charge < -0.3 is 11.1 Å². The standard InChI is InChI=1S/C15H18N4/c1-2-13-14(16)17-9-18-15(13)19-12-7-10-5-3-4-6-11(10)8-12/h3-6,9,12H,2,7-8H2,1H3,(H3,16,17,18,19). The minimum absolute atomic E-state index is 0.400. The first-order chi connectivity index (χ1) is 9.28. The Morgan fingerprint density at radius 1 is 1.21 bits per heavy atom. The van der Waals surface area contributed by atoms with Crippen molar-refractivity contribution in [2.24, 2.45) is 0 Å². The molecule has 0 radical (unpaired) electrons. The zero-order valence-corrected chi connectivity index (χ0v) is 11.1. The summed E-state index contributed by atoms with van der Waals surface area (Å²) in [6.07, 6.45) is 4.46. The molecule has 0 unspecified atom stereocenters. The lowest BCUT2D eigenvalue weighted by Crippen LogP contribution is -2.21. The Kier molecular flexibility index (Phi) is 3.07. The van der Waals surface area contributed by atoms with Gasteiger partial charge in [0, 0.05) is 11.6 Å². The average Bonchev–Trinajstić information content (AvgIpc) is 2.81. The van der Waals surface area contributed by atoms with Crippen molar-refractivity contribution in [3.8, 4) is 0 Å². The fourth-order valence-electron chi connectivity index (χ4n) is 2.75. The molecule has 1 aromatic heterocycles. The highest BCUT2D eigenvalue weighted by Gasteiger charge is 2.22. The van der Waals surface area contributed by atoms with E-state index in [0.29, 0.717) is 11.9 Å². The van der Waals surface area contributed by atoms with Crippen molar-refractivity contribution in [3.05, 3.63) is 47.3 Å². The zero-order chi connectivity index (χ0) is 13.2. The largest absolute Gasteiger partial charge is 0.383 e. The summed E-state index contributed by atoms with van der Waals surface area (Å²) in [6, 6.07) is 9.00. The second kappa shape index (κ2) is 4.88. The summed E-state index contributed by atoms with van der Waals surface area (Å²) in [6.45, 7) is 2.07. The lowest BCUT2D eigenvalue weighted by molar-refractivity contribution is 0.765. The van der Waals surface area contributed by atoms with Gasteiger partial charge in [0.15, 0.2) is 0 Å². The van der Waals surface area contributed by atoms with Crippen molar-refractivity contribution in [1.29, 1.82) is 0 Å². The molecule has 98 valence electrons. The van der Waals surface area contributed by atoms with Crippen LogP contribution in [0.25, 0.3) is 0 Å². The van der Waals surface area contributed by atoms with Crippen molar-refractivity contribution in [2.75, 3.05) is 11.1 Å². The molecular weight excluding hydrogens is 236 g/mol. The van der Waals surface area contributed by atoms with Crippen LogP contribution in [-0.4, -0.2) is 16.0 Å². The second-order valence-corrected chi connectivity index (χ2v) is 4.96. The normalized spacial score (nSPS) is 14.4. The predicted octanol–water partition coefficient (Wildman–Crippen LogP) is 2.20. The van der Waals surface area contributed by atoms with Crippen LogP contribution in [0, 0.1) is 0 Å². The number of hydrogen-bond donors (Lipinski definition) is 2. The van der Waals surface area contributed by atoms with E-state index in [1.807, 2.05) is 0 Å². The van der Waals surface area contributed by atoms with E-state index in [2.05, 4.69) is 46.5 Å². The van der Waals surface area contributed by atoms with Crippen LogP contribution in [0.1, 0.15) is 23.6 Å². The summed E-state index contributed by atoms with van der Waals surface area (Å²) in [5, 5.41) is 3.52. The smallest absolute Gasteiger partial charge is 0.134 e. The molecule has 0 saturated heterocycles.